The number of rotatable bonds is 2. The van der Waals surface area contributed by atoms with Gasteiger partial charge in [0.25, 0.3) is 0 Å². The lowest BCUT2D eigenvalue weighted by Crippen LogP contribution is -1.88. The number of nitrogens with one attached hydrogen (secondary N) is 1. The smallest absolute Gasteiger partial charge is 0.138 e. The van der Waals surface area contributed by atoms with Gasteiger partial charge in [0.15, 0.2) is 0 Å². The topological polar surface area (TPSA) is 28.7 Å². The Balaban J connectivity index is 2.20. The molecule has 17 heavy (non-hydrogen) atoms. The molecule has 0 saturated carbocycles. The molecule has 0 aliphatic heterocycles. The van der Waals surface area contributed by atoms with E-state index in [1.807, 2.05) is 18.2 Å². The summed E-state index contributed by atoms with van der Waals surface area (Å²) in [6.45, 7) is 2.17. The number of aryl methyl sites for hydroxylation is 1. The van der Waals surface area contributed by atoms with Gasteiger partial charge in [0.1, 0.15) is 5.82 Å². The molecule has 0 saturated heterocycles. The molecule has 84 valence electrons. The first-order valence-electron chi connectivity index (χ1n) is 5.91. The van der Waals surface area contributed by atoms with Crippen LogP contribution in [-0.4, -0.2) is 9.97 Å². The Morgan fingerprint density at radius 2 is 1.76 bits per heavy atom. The highest BCUT2D eigenvalue weighted by Crippen LogP contribution is 2.23. The summed E-state index contributed by atoms with van der Waals surface area (Å²) in [6.07, 6.45) is 1.02. The number of fused-ring (bicyclic) bond motifs is 1. The van der Waals surface area contributed by atoms with Gasteiger partial charge >= 0.3 is 0 Å². The van der Waals surface area contributed by atoms with Crippen LogP contribution in [-0.2, 0) is 6.42 Å². The normalized spacial score (nSPS) is 10.9. The average molecular weight is 222 g/mol. The van der Waals surface area contributed by atoms with E-state index in [1.54, 1.807) is 0 Å². The van der Waals surface area contributed by atoms with Gasteiger partial charge in [0.05, 0.1) is 11.0 Å². The minimum Gasteiger partial charge on any atom is -0.338 e. The van der Waals surface area contributed by atoms with Crippen molar-refractivity contribution in [1.29, 1.82) is 0 Å². The molecule has 0 aliphatic carbocycles. The van der Waals surface area contributed by atoms with Gasteiger partial charge in [-0.2, -0.15) is 0 Å². The van der Waals surface area contributed by atoms with Crippen LogP contribution in [0.25, 0.3) is 22.4 Å². The van der Waals surface area contributed by atoms with Crippen molar-refractivity contribution in [2.24, 2.45) is 0 Å². The fraction of sp³-hybridized carbons (Fsp3) is 0.133. The number of aromatic nitrogens is 2. The Bertz CT molecular complexity index is 620. The van der Waals surface area contributed by atoms with E-state index >= 15 is 0 Å². The second-order valence-electron chi connectivity index (χ2n) is 4.11. The molecule has 0 fully saturated rings. The van der Waals surface area contributed by atoms with Crippen molar-refractivity contribution in [2.45, 2.75) is 13.3 Å². The number of imidazole rings is 1. The number of para-hydroxylation sites is 2. The molecule has 2 aromatic carbocycles. The first kappa shape index (κ1) is 10.1. The monoisotopic (exact) mass is 222 g/mol. The van der Waals surface area contributed by atoms with Gasteiger partial charge in [-0.15, -0.1) is 0 Å². The van der Waals surface area contributed by atoms with E-state index in [1.165, 1.54) is 11.1 Å². The lowest BCUT2D eigenvalue weighted by atomic mass is 10.1. The standard InChI is InChI=1S/C15H14N2/c1-2-11-7-3-4-8-12(11)15-16-13-9-5-6-10-14(13)17-15/h3-10H,2H2,1H3,(H,16,17). The van der Waals surface area contributed by atoms with Gasteiger partial charge in [-0.1, -0.05) is 43.3 Å². The molecule has 1 aromatic heterocycles. The first-order valence-corrected chi connectivity index (χ1v) is 5.91. The van der Waals surface area contributed by atoms with E-state index < -0.39 is 0 Å². The summed E-state index contributed by atoms with van der Waals surface area (Å²) >= 11 is 0. The molecule has 3 aromatic rings. The molecule has 0 bridgehead atoms. The van der Waals surface area contributed by atoms with Crippen LogP contribution in [0.1, 0.15) is 12.5 Å². The zero-order chi connectivity index (χ0) is 11.7. The average Bonchev–Trinajstić information content (AvgIpc) is 2.82. The number of hydrogen-bond acceptors (Lipinski definition) is 1. The summed E-state index contributed by atoms with van der Waals surface area (Å²) in [5, 5.41) is 0. The zero-order valence-electron chi connectivity index (χ0n) is 9.77. The van der Waals surface area contributed by atoms with Crippen molar-refractivity contribution in [3.8, 4) is 11.4 Å². The minimum atomic E-state index is 0.962. The maximum absolute atomic E-state index is 4.64. The third-order valence-corrected chi connectivity index (χ3v) is 3.04. The van der Waals surface area contributed by atoms with E-state index in [9.17, 15) is 0 Å². The van der Waals surface area contributed by atoms with Crippen LogP contribution in [0.4, 0.5) is 0 Å². The molecule has 0 amide bonds. The maximum atomic E-state index is 4.64. The highest BCUT2D eigenvalue weighted by molar-refractivity contribution is 5.79. The van der Waals surface area contributed by atoms with Crippen LogP contribution < -0.4 is 0 Å². The van der Waals surface area contributed by atoms with E-state index in [0.29, 0.717) is 0 Å². The molecule has 2 heteroatoms. The number of benzene rings is 2. The number of H-pyrrole nitrogens is 1. The lowest BCUT2D eigenvalue weighted by Gasteiger charge is -2.03. The molecular weight excluding hydrogens is 208 g/mol. The highest BCUT2D eigenvalue weighted by atomic mass is 14.9. The second kappa shape index (κ2) is 4.06. The summed E-state index contributed by atoms with van der Waals surface area (Å²) in [6, 6.07) is 16.5. The summed E-state index contributed by atoms with van der Waals surface area (Å²) in [5.41, 5.74) is 4.64. The molecule has 0 aliphatic rings. The van der Waals surface area contributed by atoms with Crippen molar-refractivity contribution in [2.75, 3.05) is 0 Å². The SMILES string of the molecule is CCc1ccccc1-c1nc2ccccc2[nH]1. The Labute approximate surface area is 100 Å². The molecular formula is C15H14N2. The van der Waals surface area contributed by atoms with Crippen LogP contribution in [0.15, 0.2) is 48.5 Å². The van der Waals surface area contributed by atoms with E-state index in [2.05, 4.69) is 47.2 Å². The van der Waals surface area contributed by atoms with Crippen LogP contribution in [0, 0.1) is 0 Å². The quantitative estimate of drug-likeness (QED) is 0.702. The van der Waals surface area contributed by atoms with Crippen molar-refractivity contribution in [1.82, 2.24) is 9.97 Å². The largest absolute Gasteiger partial charge is 0.338 e. The fourth-order valence-electron chi connectivity index (χ4n) is 2.14. The van der Waals surface area contributed by atoms with Gasteiger partial charge in [-0.25, -0.2) is 4.98 Å². The van der Waals surface area contributed by atoms with Crippen molar-refractivity contribution >= 4 is 11.0 Å². The van der Waals surface area contributed by atoms with Gasteiger partial charge in [-0.3, -0.25) is 0 Å². The Morgan fingerprint density at radius 3 is 2.59 bits per heavy atom. The lowest BCUT2D eigenvalue weighted by molar-refractivity contribution is 1.13. The van der Waals surface area contributed by atoms with Crippen LogP contribution in [0.2, 0.25) is 0 Å². The van der Waals surface area contributed by atoms with Crippen molar-refractivity contribution in [3.05, 3.63) is 54.1 Å². The van der Waals surface area contributed by atoms with Crippen LogP contribution in [0.3, 0.4) is 0 Å². The number of nitrogens with zero attached hydrogens (tertiary/aromatic N) is 1. The third-order valence-electron chi connectivity index (χ3n) is 3.04. The summed E-state index contributed by atoms with van der Waals surface area (Å²) < 4.78 is 0. The van der Waals surface area contributed by atoms with E-state index in [4.69, 9.17) is 0 Å². The summed E-state index contributed by atoms with van der Waals surface area (Å²) in [4.78, 5) is 8.01. The Morgan fingerprint density at radius 1 is 1.00 bits per heavy atom. The van der Waals surface area contributed by atoms with Crippen molar-refractivity contribution in [3.63, 3.8) is 0 Å². The maximum Gasteiger partial charge on any atom is 0.138 e. The summed E-state index contributed by atoms with van der Waals surface area (Å²) in [7, 11) is 0. The van der Waals surface area contributed by atoms with E-state index in [0.717, 1.165) is 23.3 Å². The molecule has 1 heterocycles. The fourth-order valence-corrected chi connectivity index (χ4v) is 2.14. The molecule has 3 rings (SSSR count). The third kappa shape index (κ3) is 1.72. The number of aromatic amines is 1. The molecule has 0 unspecified atom stereocenters. The van der Waals surface area contributed by atoms with Gasteiger partial charge in [0.2, 0.25) is 0 Å². The summed E-state index contributed by atoms with van der Waals surface area (Å²) in [5.74, 6) is 0.962. The van der Waals surface area contributed by atoms with Gasteiger partial charge in [0, 0.05) is 5.56 Å². The van der Waals surface area contributed by atoms with Crippen LogP contribution in [0.5, 0.6) is 0 Å². The van der Waals surface area contributed by atoms with Gasteiger partial charge in [-0.05, 0) is 24.1 Å². The second-order valence-corrected chi connectivity index (χ2v) is 4.11. The van der Waals surface area contributed by atoms with E-state index in [-0.39, 0.29) is 0 Å². The van der Waals surface area contributed by atoms with Crippen LogP contribution >= 0.6 is 0 Å². The van der Waals surface area contributed by atoms with Gasteiger partial charge < -0.3 is 4.98 Å². The minimum absolute atomic E-state index is 0.962. The predicted octanol–water partition coefficient (Wildman–Crippen LogP) is 3.79. The predicted molar refractivity (Wildman–Crippen MR) is 70.9 cm³/mol. The highest BCUT2D eigenvalue weighted by Gasteiger charge is 2.07. The Kier molecular flexibility index (Phi) is 2.41. The molecule has 2 nitrogen and oxygen atoms in total. The zero-order valence-corrected chi connectivity index (χ0v) is 9.77. The molecule has 0 radical (unpaired) electrons. The molecule has 1 N–H and O–H groups in total. The molecule has 0 spiro atoms. The van der Waals surface area contributed by atoms with Crippen molar-refractivity contribution < 1.29 is 0 Å². The Hall–Kier alpha value is -2.09. The molecule has 0 atom stereocenters. The first-order chi connectivity index (χ1) is 8.38. The number of hydrogen-bond donors (Lipinski definition) is 1.